The zero-order chi connectivity index (χ0) is 22.0. The van der Waals surface area contributed by atoms with Crippen LogP contribution >= 0.6 is 0 Å². The van der Waals surface area contributed by atoms with Gasteiger partial charge in [0.15, 0.2) is 5.78 Å². The van der Waals surface area contributed by atoms with E-state index in [1.165, 1.54) is 0 Å². The first-order valence-electron chi connectivity index (χ1n) is 9.93. The van der Waals surface area contributed by atoms with E-state index in [4.69, 9.17) is 4.74 Å². The van der Waals surface area contributed by atoms with E-state index in [-0.39, 0.29) is 6.54 Å². The van der Waals surface area contributed by atoms with Gasteiger partial charge in [-0.2, -0.15) is 0 Å². The van der Waals surface area contributed by atoms with Gasteiger partial charge in [-0.25, -0.2) is 4.79 Å². The highest BCUT2D eigenvalue weighted by molar-refractivity contribution is 5.85. The number of rotatable bonds is 9. The van der Waals surface area contributed by atoms with Gasteiger partial charge in [-0.3, -0.25) is 4.79 Å². The lowest BCUT2D eigenvalue weighted by atomic mass is 10.1. The SMILES string of the molecule is CC(C)(C)OC(=O)NC[C@H](NCc1ccc(/C=C/c2ccccc2)cc1)C(=O)CO. The summed E-state index contributed by atoms with van der Waals surface area (Å²) in [6.45, 7) is 5.15. The topological polar surface area (TPSA) is 87.7 Å². The Labute approximate surface area is 178 Å². The number of aliphatic hydroxyl groups excluding tert-OH is 1. The third-order valence-corrected chi connectivity index (χ3v) is 4.19. The summed E-state index contributed by atoms with van der Waals surface area (Å²) in [6.07, 6.45) is 3.48. The molecule has 3 N–H and O–H groups in total. The number of ether oxygens (including phenoxy) is 1. The number of carbonyl (C=O) groups excluding carboxylic acids is 2. The smallest absolute Gasteiger partial charge is 0.407 e. The van der Waals surface area contributed by atoms with Gasteiger partial charge in [-0.1, -0.05) is 66.7 Å². The zero-order valence-electron chi connectivity index (χ0n) is 17.7. The predicted octanol–water partition coefficient (Wildman–Crippen LogP) is 3.40. The van der Waals surface area contributed by atoms with Crippen molar-refractivity contribution in [1.82, 2.24) is 10.6 Å². The minimum Gasteiger partial charge on any atom is -0.444 e. The fourth-order valence-electron chi connectivity index (χ4n) is 2.65. The van der Waals surface area contributed by atoms with Crippen LogP contribution in [0.2, 0.25) is 0 Å². The molecule has 1 amide bonds. The number of ketones is 1. The summed E-state index contributed by atoms with van der Waals surface area (Å²) in [7, 11) is 0. The van der Waals surface area contributed by atoms with E-state index in [1.807, 2.05) is 66.7 Å². The van der Waals surface area contributed by atoms with Crippen LogP contribution in [-0.2, 0) is 16.1 Å². The fourth-order valence-corrected chi connectivity index (χ4v) is 2.65. The van der Waals surface area contributed by atoms with E-state index in [2.05, 4.69) is 10.6 Å². The van der Waals surface area contributed by atoms with E-state index in [9.17, 15) is 14.7 Å². The molecule has 0 radical (unpaired) electrons. The van der Waals surface area contributed by atoms with Crippen molar-refractivity contribution >= 4 is 24.0 Å². The number of aliphatic hydroxyl groups is 1. The van der Waals surface area contributed by atoms with Crippen LogP contribution in [0.4, 0.5) is 4.79 Å². The van der Waals surface area contributed by atoms with Crippen molar-refractivity contribution < 1.29 is 19.4 Å². The summed E-state index contributed by atoms with van der Waals surface area (Å²) in [4.78, 5) is 23.8. The first kappa shape index (κ1) is 23.3. The van der Waals surface area contributed by atoms with E-state index in [0.717, 1.165) is 16.7 Å². The predicted molar refractivity (Wildman–Crippen MR) is 119 cm³/mol. The maximum Gasteiger partial charge on any atom is 0.407 e. The van der Waals surface area contributed by atoms with Crippen LogP contribution in [0.25, 0.3) is 12.2 Å². The van der Waals surface area contributed by atoms with Gasteiger partial charge in [-0.15, -0.1) is 0 Å². The Morgan fingerprint density at radius 2 is 1.60 bits per heavy atom. The number of hydrogen-bond acceptors (Lipinski definition) is 5. The fraction of sp³-hybridized carbons (Fsp3) is 0.333. The normalized spacial score (nSPS) is 12.5. The molecule has 160 valence electrons. The molecule has 2 rings (SSSR count). The Morgan fingerprint density at radius 3 is 2.17 bits per heavy atom. The third-order valence-electron chi connectivity index (χ3n) is 4.19. The molecule has 1 atom stereocenters. The van der Waals surface area contributed by atoms with E-state index >= 15 is 0 Å². The molecule has 2 aromatic carbocycles. The molecule has 30 heavy (non-hydrogen) atoms. The lowest BCUT2D eigenvalue weighted by Crippen LogP contribution is -2.47. The lowest BCUT2D eigenvalue weighted by molar-refractivity contribution is -0.123. The molecule has 0 aliphatic carbocycles. The second-order valence-electron chi connectivity index (χ2n) is 7.93. The second-order valence-corrected chi connectivity index (χ2v) is 7.93. The molecule has 0 unspecified atom stereocenters. The van der Waals surface area contributed by atoms with Crippen LogP contribution in [0.5, 0.6) is 0 Å². The van der Waals surface area contributed by atoms with Crippen LogP contribution in [0.15, 0.2) is 54.6 Å². The van der Waals surface area contributed by atoms with Crippen molar-refractivity contribution in [3.63, 3.8) is 0 Å². The van der Waals surface area contributed by atoms with Crippen molar-refractivity contribution in [2.24, 2.45) is 0 Å². The summed E-state index contributed by atoms with van der Waals surface area (Å²) >= 11 is 0. The largest absolute Gasteiger partial charge is 0.444 e. The summed E-state index contributed by atoms with van der Waals surface area (Å²) in [6, 6.07) is 17.3. The number of benzene rings is 2. The van der Waals surface area contributed by atoms with Gasteiger partial charge in [0, 0.05) is 13.1 Å². The number of carbonyl (C=O) groups is 2. The zero-order valence-corrected chi connectivity index (χ0v) is 17.7. The third kappa shape index (κ3) is 8.59. The van der Waals surface area contributed by atoms with Crippen molar-refractivity contribution in [3.05, 3.63) is 71.3 Å². The number of nitrogens with one attached hydrogen (secondary N) is 2. The molecule has 0 saturated heterocycles. The second kappa shape index (κ2) is 11.3. The molecule has 0 spiro atoms. The van der Waals surface area contributed by atoms with Gasteiger partial charge in [0.1, 0.15) is 12.2 Å². The maximum absolute atomic E-state index is 12.0. The minimum atomic E-state index is -0.708. The first-order chi connectivity index (χ1) is 14.3. The molecular weight excluding hydrogens is 380 g/mol. The highest BCUT2D eigenvalue weighted by atomic mass is 16.6. The summed E-state index contributed by atoms with van der Waals surface area (Å²) in [5.41, 5.74) is 2.56. The molecule has 0 heterocycles. The average Bonchev–Trinajstić information content (AvgIpc) is 2.72. The number of amides is 1. The molecule has 6 heteroatoms. The van der Waals surface area contributed by atoms with Crippen molar-refractivity contribution in [3.8, 4) is 0 Å². The van der Waals surface area contributed by atoms with E-state index in [1.54, 1.807) is 20.8 Å². The van der Waals surface area contributed by atoms with Crippen molar-refractivity contribution in [2.45, 2.75) is 39.0 Å². The van der Waals surface area contributed by atoms with Crippen molar-refractivity contribution in [1.29, 1.82) is 0 Å². The van der Waals surface area contributed by atoms with Gasteiger partial charge in [0.2, 0.25) is 0 Å². The Balaban J connectivity index is 1.89. The molecule has 2 aromatic rings. The highest BCUT2D eigenvalue weighted by Crippen LogP contribution is 2.10. The monoisotopic (exact) mass is 410 g/mol. The van der Waals surface area contributed by atoms with Crippen LogP contribution in [0.3, 0.4) is 0 Å². The Kier molecular flexibility index (Phi) is 8.77. The summed E-state index contributed by atoms with van der Waals surface area (Å²) < 4.78 is 5.17. The maximum atomic E-state index is 12.0. The van der Waals surface area contributed by atoms with E-state index in [0.29, 0.717) is 6.54 Å². The molecule has 0 saturated carbocycles. The molecule has 0 aromatic heterocycles. The van der Waals surface area contributed by atoms with E-state index < -0.39 is 30.1 Å². The van der Waals surface area contributed by atoms with Crippen LogP contribution in [0, 0.1) is 0 Å². The Hall–Kier alpha value is -2.96. The number of hydrogen-bond donors (Lipinski definition) is 3. The molecule has 0 aliphatic rings. The van der Waals surface area contributed by atoms with Gasteiger partial charge in [0.05, 0.1) is 6.04 Å². The van der Waals surface area contributed by atoms with Crippen LogP contribution in [-0.4, -0.2) is 41.8 Å². The first-order valence-corrected chi connectivity index (χ1v) is 9.93. The van der Waals surface area contributed by atoms with Gasteiger partial charge in [0.25, 0.3) is 0 Å². The molecule has 0 aliphatic heterocycles. The summed E-state index contributed by atoms with van der Waals surface area (Å²) in [5, 5.41) is 14.9. The molecule has 0 fully saturated rings. The minimum absolute atomic E-state index is 0.0339. The van der Waals surface area contributed by atoms with Crippen LogP contribution < -0.4 is 10.6 Å². The van der Waals surface area contributed by atoms with Crippen molar-refractivity contribution in [2.75, 3.05) is 13.2 Å². The number of alkyl carbamates (subject to hydrolysis) is 1. The molecule has 6 nitrogen and oxygen atoms in total. The standard InChI is InChI=1S/C24H30N2O4/c1-24(2,3)30-23(29)26-16-21(22(28)17-27)25-15-20-13-11-19(12-14-20)10-9-18-7-5-4-6-8-18/h4-14,21,25,27H,15-17H2,1-3H3,(H,26,29)/b10-9+/t21-/m0/s1. The average molecular weight is 411 g/mol. The van der Waals surface area contributed by atoms with Crippen LogP contribution in [0.1, 0.15) is 37.5 Å². The Morgan fingerprint density at radius 1 is 1.00 bits per heavy atom. The number of Topliss-reactive ketones (excluding diaryl/α,β-unsaturated/α-hetero) is 1. The molecule has 0 bridgehead atoms. The molecular formula is C24H30N2O4. The van der Waals surface area contributed by atoms with Gasteiger partial charge < -0.3 is 20.5 Å². The Bertz CT molecular complexity index is 840. The quantitative estimate of drug-likeness (QED) is 0.552. The lowest BCUT2D eigenvalue weighted by Gasteiger charge is -2.22. The van der Waals surface area contributed by atoms with Gasteiger partial charge >= 0.3 is 6.09 Å². The summed E-state index contributed by atoms with van der Waals surface area (Å²) in [5.74, 6) is -0.395. The highest BCUT2D eigenvalue weighted by Gasteiger charge is 2.20. The van der Waals surface area contributed by atoms with Gasteiger partial charge in [-0.05, 0) is 37.5 Å².